The fourth-order valence-corrected chi connectivity index (χ4v) is 4.05. The van der Waals surface area contributed by atoms with E-state index in [1.54, 1.807) is 6.07 Å². The van der Waals surface area contributed by atoms with E-state index in [2.05, 4.69) is 5.32 Å². The molecule has 1 fully saturated rings. The highest BCUT2D eigenvalue weighted by Crippen LogP contribution is 2.40. The van der Waals surface area contributed by atoms with Gasteiger partial charge in [-0.05, 0) is 11.6 Å². The molecule has 0 aromatic heterocycles. The highest BCUT2D eigenvalue weighted by atomic mass is 32.2. The molecule has 0 aliphatic carbocycles. The number of aliphatic carboxylic acids is 1. The van der Waals surface area contributed by atoms with Gasteiger partial charge in [-0.25, -0.2) is 14.0 Å². The lowest BCUT2D eigenvalue weighted by Crippen LogP contribution is -2.70. The predicted molar refractivity (Wildman–Crippen MR) is 87.9 cm³/mol. The Morgan fingerprint density at radius 1 is 1.23 bits per heavy atom. The first kappa shape index (κ1) is 17.9. The fourth-order valence-electron chi connectivity index (χ4n) is 2.86. The van der Waals surface area contributed by atoms with Gasteiger partial charge in [-0.2, -0.15) is 0 Å². The van der Waals surface area contributed by atoms with Gasteiger partial charge in [0.25, 0.3) is 5.91 Å². The van der Waals surface area contributed by atoms with Crippen LogP contribution in [0.15, 0.2) is 35.8 Å². The second kappa shape index (κ2) is 6.79. The molecule has 1 saturated heterocycles. The van der Waals surface area contributed by atoms with Gasteiger partial charge in [0, 0.05) is 5.75 Å². The molecule has 3 N–H and O–H groups in total. The average Bonchev–Trinajstić information content (AvgIpc) is 2.59. The van der Waals surface area contributed by atoms with E-state index in [1.165, 1.54) is 18.2 Å². The number of nitrogens with one attached hydrogen (secondary N) is 1. The van der Waals surface area contributed by atoms with Crippen LogP contribution in [-0.2, 0) is 20.8 Å². The summed E-state index contributed by atoms with van der Waals surface area (Å²) in [5.41, 5.74) is -0.426. The molecule has 3 rings (SSSR count). The normalized spacial score (nSPS) is 21.7. The van der Waals surface area contributed by atoms with Gasteiger partial charge in [-0.3, -0.25) is 14.5 Å². The van der Waals surface area contributed by atoms with Gasteiger partial charge in [-0.1, -0.05) is 18.2 Å². The second-order valence-corrected chi connectivity index (χ2v) is 6.76. The monoisotopic (exact) mass is 380 g/mol. The third-order valence-corrected chi connectivity index (χ3v) is 5.28. The molecule has 26 heavy (non-hydrogen) atoms. The number of benzene rings is 1. The van der Waals surface area contributed by atoms with E-state index >= 15 is 0 Å². The number of amides is 2. The Hall–Kier alpha value is -2.88. The zero-order chi connectivity index (χ0) is 19.0. The van der Waals surface area contributed by atoms with Crippen molar-refractivity contribution in [1.82, 2.24) is 10.2 Å². The van der Waals surface area contributed by atoms with Crippen LogP contribution in [0.5, 0.6) is 0 Å². The minimum Gasteiger partial charge on any atom is -0.478 e. The largest absolute Gasteiger partial charge is 0.478 e. The summed E-state index contributed by atoms with van der Waals surface area (Å²) < 4.78 is 13.7. The van der Waals surface area contributed by atoms with E-state index in [0.717, 1.165) is 16.7 Å². The van der Waals surface area contributed by atoms with Gasteiger partial charge >= 0.3 is 11.9 Å². The molecule has 2 unspecified atom stereocenters. The molecular weight excluding hydrogens is 367 g/mol. The first-order valence-corrected chi connectivity index (χ1v) is 8.53. The van der Waals surface area contributed by atoms with Gasteiger partial charge in [0.15, 0.2) is 5.70 Å². The van der Waals surface area contributed by atoms with E-state index in [4.69, 9.17) is 10.2 Å². The number of β-lactam (4-membered cyclic amide) rings is 1. The van der Waals surface area contributed by atoms with Crippen LogP contribution >= 0.6 is 11.8 Å². The summed E-state index contributed by atoms with van der Waals surface area (Å²) in [7, 11) is 0. The highest BCUT2D eigenvalue weighted by Gasteiger charge is 2.54. The van der Waals surface area contributed by atoms with E-state index < -0.39 is 46.7 Å². The quantitative estimate of drug-likeness (QED) is 0.639. The van der Waals surface area contributed by atoms with Crippen LogP contribution in [0.25, 0.3) is 0 Å². The zero-order valence-electron chi connectivity index (χ0n) is 13.1. The van der Waals surface area contributed by atoms with Crippen LogP contribution in [0.4, 0.5) is 4.39 Å². The molecule has 2 amide bonds. The lowest BCUT2D eigenvalue weighted by Gasteiger charge is -2.48. The van der Waals surface area contributed by atoms with Crippen LogP contribution in [0, 0.1) is 0 Å². The minimum atomic E-state index is -1.54. The molecule has 1 aromatic rings. The summed E-state index contributed by atoms with van der Waals surface area (Å²) >= 11 is 1.01. The summed E-state index contributed by atoms with van der Waals surface area (Å²) in [5, 5.41) is 19.9. The zero-order valence-corrected chi connectivity index (χ0v) is 14.0. The summed E-state index contributed by atoms with van der Waals surface area (Å²) in [4.78, 5) is 47.5. The van der Waals surface area contributed by atoms with Crippen LogP contribution in [0.1, 0.15) is 15.9 Å². The van der Waals surface area contributed by atoms with Crippen molar-refractivity contribution < 1.29 is 33.8 Å². The number of hydrogen-bond acceptors (Lipinski definition) is 5. The standard InChI is InChI=1S/C16H13FN2O6S/c17-9-6-26-14-11(13(21)19(14)12(9)16(24)25)18-10(20)5-7-3-1-2-4-8(7)15(22)23/h1-4,11,14H,5-6H2,(H,18,20)(H,22,23)(H,24,25). The number of carbonyl (C=O) groups is 4. The van der Waals surface area contributed by atoms with E-state index in [-0.39, 0.29) is 23.3 Å². The maximum Gasteiger partial charge on any atom is 0.355 e. The fraction of sp³-hybridized carbons (Fsp3) is 0.250. The van der Waals surface area contributed by atoms with E-state index in [1.807, 2.05) is 0 Å². The molecule has 0 bridgehead atoms. The van der Waals surface area contributed by atoms with Crippen LogP contribution in [0.2, 0.25) is 0 Å². The summed E-state index contributed by atoms with van der Waals surface area (Å²) in [6.07, 6.45) is -0.250. The summed E-state index contributed by atoms with van der Waals surface area (Å²) in [6.45, 7) is 0. The molecule has 2 heterocycles. The maximum atomic E-state index is 13.7. The van der Waals surface area contributed by atoms with Crippen molar-refractivity contribution in [1.29, 1.82) is 0 Å². The van der Waals surface area contributed by atoms with Crippen molar-refractivity contribution in [2.24, 2.45) is 0 Å². The molecule has 2 aliphatic rings. The number of aromatic carboxylic acids is 1. The van der Waals surface area contributed by atoms with Crippen molar-refractivity contribution >= 4 is 35.5 Å². The predicted octanol–water partition coefficient (Wildman–Crippen LogP) is 0.593. The number of fused-ring (bicyclic) bond motifs is 1. The SMILES string of the molecule is O=C(Cc1ccccc1C(=O)O)NC1C(=O)N2C(C(=O)O)=C(F)CSC12. The minimum absolute atomic E-state index is 0.0191. The Kier molecular flexibility index (Phi) is 4.68. The van der Waals surface area contributed by atoms with Crippen molar-refractivity contribution in [2.75, 3.05) is 5.75 Å². The Balaban J connectivity index is 1.70. The summed E-state index contributed by atoms with van der Waals surface area (Å²) in [6, 6.07) is 5.01. The Morgan fingerprint density at radius 2 is 1.92 bits per heavy atom. The van der Waals surface area contributed by atoms with E-state index in [0.29, 0.717) is 0 Å². The third kappa shape index (κ3) is 3.03. The molecule has 10 heteroatoms. The Morgan fingerprint density at radius 3 is 2.58 bits per heavy atom. The Bertz CT molecular complexity index is 855. The second-order valence-electron chi connectivity index (χ2n) is 5.65. The molecular formula is C16H13FN2O6S. The smallest absolute Gasteiger partial charge is 0.355 e. The van der Waals surface area contributed by atoms with Gasteiger partial charge < -0.3 is 15.5 Å². The number of thioether (sulfide) groups is 1. The molecule has 0 saturated carbocycles. The number of carbonyl (C=O) groups excluding carboxylic acids is 2. The van der Waals surface area contributed by atoms with Gasteiger partial charge in [0.2, 0.25) is 5.91 Å². The first-order valence-electron chi connectivity index (χ1n) is 7.48. The number of rotatable bonds is 5. The Labute approximate surface area is 150 Å². The molecule has 1 aromatic carbocycles. The van der Waals surface area contributed by atoms with Crippen molar-refractivity contribution in [3.8, 4) is 0 Å². The van der Waals surface area contributed by atoms with Crippen LogP contribution in [0.3, 0.4) is 0 Å². The lowest BCUT2D eigenvalue weighted by atomic mass is 10.0. The third-order valence-electron chi connectivity index (χ3n) is 4.04. The number of hydrogen-bond donors (Lipinski definition) is 3. The molecule has 136 valence electrons. The molecule has 8 nitrogen and oxygen atoms in total. The average molecular weight is 380 g/mol. The highest BCUT2D eigenvalue weighted by molar-refractivity contribution is 8.00. The van der Waals surface area contributed by atoms with Crippen molar-refractivity contribution in [2.45, 2.75) is 17.8 Å². The van der Waals surface area contributed by atoms with Crippen molar-refractivity contribution in [3.63, 3.8) is 0 Å². The van der Waals surface area contributed by atoms with Gasteiger partial charge in [0.05, 0.1) is 12.0 Å². The number of carboxylic acids is 2. The maximum absolute atomic E-state index is 13.7. The van der Waals surface area contributed by atoms with E-state index in [9.17, 15) is 23.6 Å². The summed E-state index contributed by atoms with van der Waals surface area (Å²) in [5.74, 6) is -5.11. The first-order chi connectivity index (χ1) is 12.3. The molecule has 0 radical (unpaired) electrons. The van der Waals surface area contributed by atoms with Crippen LogP contribution < -0.4 is 5.32 Å². The van der Waals surface area contributed by atoms with Crippen molar-refractivity contribution in [3.05, 3.63) is 46.9 Å². The van der Waals surface area contributed by atoms with Gasteiger partial charge in [0.1, 0.15) is 17.2 Å². The molecule has 0 spiro atoms. The van der Waals surface area contributed by atoms with Gasteiger partial charge in [-0.15, -0.1) is 11.8 Å². The molecule has 2 aliphatic heterocycles. The van der Waals surface area contributed by atoms with Crippen LogP contribution in [-0.4, -0.2) is 56.0 Å². The lowest BCUT2D eigenvalue weighted by molar-refractivity contribution is -0.150. The topological polar surface area (TPSA) is 124 Å². The number of carboxylic acid groups (broad SMARTS) is 2. The molecule has 2 atom stereocenters. The number of halogens is 1. The number of nitrogens with zero attached hydrogens (tertiary/aromatic N) is 1.